The number of aliphatic hydroxyl groups is 1. The molecule has 1 aromatic carbocycles. The first-order chi connectivity index (χ1) is 13.4. The number of aliphatic hydroxyl groups excluding tert-OH is 1. The van der Waals surface area contributed by atoms with E-state index >= 15 is 0 Å². The maximum atomic E-state index is 10.4. The molecule has 0 fully saturated rings. The molecule has 0 aromatic heterocycles. The molecule has 1 aliphatic carbocycles. The van der Waals surface area contributed by atoms with Gasteiger partial charge in [-0.2, -0.15) is 0 Å². The Kier molecular flexibility index (Phi) is 8.40. The highest BCUT2D eigenvalue weighted by atomic mass is 127. The SMILES string of the molecule is COCOc1c(C)cc(C(C)(C)C)cc1C(C)(C)PC1=C(C(C)O)CC(I)C=C1. The van der Waals surface area contributed by atoms with Gasteiger partial charge in [0, 0.05) is 21.8 Å². The lowest BCUT2D eigenvalue weighted by molar-refractivity contribution is 0.0496. The number of allylic oxidation sites excluding steroid dienone is 3. The molecule has 29 heavy (non-hydrogen) atoms. The van der Waals surface area contributed by atoms with Crippen molar-refractivity contribution in [2.24, 2.45) is 0 Å². The fraction of sp³-hybridized carbons (Fsp3) is 0.583. The van der Waals surface area contributed by atoms with Crippen molar-refractivity contribution in [3.63, 3.8) is 0 Å². The Morgan fingerprint density at radius 1 is 1.24 bits per heavy atom. The molecule has 0 amide bonds. The lowest BCUT2D eigenvalue weighted by Gasteiger charge is -2.33. The van der Waals surface area contributed by atoms with Crippen LogP contribution >= 0.6 is 31.2 Å². The predicted octanol–water partition coefficient (Wildman–Crippen LogP) is 6.59. The van der Waals surface area contributed by atoms with E-state index in [4.69, 9.17) is 9.47 Å². The molecule has 0 saturated carbocycles. The zero-order valence-electron chi connectivity index (χ0n) is 19.0. The van der Waals surface area contributed by atoms with Gasteiger partial charge >= 0.3 is 0 Å². The Hall–Kier alpha value is -0.420. The summed E-state index contributed by atoms with van der Waals surface area (Å²) in [5.74, 6) is 0.920. The third-order valence-electron chi connectivity index (χ3n) is 5.32. The number of halogens is 1. The lowest BCUT2D eigenvalue weighted by Crippen LogP contribution is -2.20. The highest BCUT2D eigenvalue weighted by molar-refractivity contribution is 14.1. The summed E-state index contributed by atoms with van der Waals surface area (Å²) in [6.07, 6.45) is 4.98. The first-order valence-corrected chi connectivity index (χ1v) is 12.4. The summed E-state index contributed by atoms with van der Waals surface area (Å²) in [6.45, 7) is 15.5. The summed E-state index contributed by atoms with van der Waals surface area (Å²) in [5, 5.41) is 11.5. The van der Waals surface area contributed by atoms with Crippen LogP contribution in [-0.4, -0.2) is 29.0 Å². The van der Waals surface area contributed by atoms with Gasteiger partial charge in [0.1, 0.15) is 5.75 Å². The number of methoxy groups -OCH3 is 1. The monoisotopic (exact) mass is 530 g/mol. The van der Waals surface area contributed by atoms with Crippen molar-refractivity contribution in [1.29, 1.82) is 0 Å². The van der Waals surface area contributed by atoms with Crippen LogP contribution in [0.15, 0.2) is 35.2 Å². The molecule has 0 heterocycles. The minimum absolute atomic E-state index is 0.0572. The molecule has 3 nitrogen and oxygen atoms in total. The Morgan fingerprint density at radius 3 is 2.45 bits per heavy atom. The second-order valence-corrected chi connectivity index (χ2v) is 13.1. The van der Waals surface area contributed by atoms with Crippen LogP contribution in [0.4, 0.5) is 0 Å². The lowest BCUT2D eigenvalue weighted by atomic mass is 9.83. The minimum Gasteiger partial charge on any atom is -0.467 e. The first kappa shape index (κ1) is 24.8. The van der Waals surface area contributed by atoms with Gasteiger partial charge in [-0.3, -0.25) is 0 Å². The van der Waals surface area contributed by atoms with Crippen molar-refractivity contribution in [2.45, 2.75) is 75.5 Å². The van der Waals surface area contributed by atoms with Crippen molar-refractivity contribution in [1.82, 2.24) is 0 Å². The van der Waals surface area contributed by atoms with E-state index in [1.165, 1.54) is 22.0 Å². The van der Waals surface area contributed by atoms with Crippen molar-refractivity contribution in [3.8, 4) is 5.75 Å². The van der Waals surface area contributed by atoms with Gasteiger partial charge < -0.3 is 14.6 Å². The fourth-order valence-electron chi connectivity index (χ4n) is 3.60. The second-order valence-electron chi connectivity index (χ2n) is 9.41. The molecular formula is C24H36IO3P. The third-order valence-corrected chi connectivity index (χ3v) is 7.83. The minimum atomic E-state index is -0.414. The van der Waals surface area contributed by atoms with Crippen LogP contribution < -0.4 is 4.74 Å². The summed E-state index contributed by atoms with van der Waals surface area (Å²) in [6, 6.07) is 4.54. The van der Waals surface area contributed by atoms with Crippen LogP contribution in [-0.2, 0) is 15.3 Å². The summed E-state index contributed by atoms with van der Waals surface area (Å²) >= 11 is 2.44. The van der Waals surface area contributed by atoms with Gasteiger partial charge in [-0.05, 0) is 47.7 Å². The number of alkyl halides is 1. The smallest absolute Gasteiger partial charge is 0.188 e. The van der Waals surface area contributed by atoms with Gasteiger partial charge in [-0.1, -0.05) is 90.1 Å². The molecule has 0 bridgehead atoms. The first-order valence-electron chi connectivity index (χ1n) is 10.2. The Morgan fingerprint density at radius 2 is 1.90 bits per heavy atom. The van der Waals surface area contributed by atoms with Gasteiger partial charge in [-0.15, -0.1) is 0 Å². The molecular weight excluding hydrogens is 494 g/mol. The topological polar surface area (TPSA) is 38.7 Å². The van der Waals surface area contributed by atoms with Crippen LogP contribution in [0.3, 0.4) is 0 Å². The Labute approximate surface area is 192 Å². The molecule has 3 atom stereocenters. The van der Waals surface area contributed by atoms with Crippen molar-refractivity contribution < 1.29 is 14.6 Å². The van der Waals surface area contributed by atoms with E-state index in [9.17, 15) is 5.11 Å². The molecule has 0 aliphatic heterocycles. The molecule has 5 heteroatoms. The predicted molar refractivity (Wildman–Crippen MR) is 134 cm³/mol. The summed E-state index contributed by atoms with van der Waals surface area (Å²) in [4.78, 5) is 0. The van der Waals surface area contributed by atoms with Gasteiger partial charge in [0.15, 0.2) is 6.79 Å². The second kappa shape index (κ2) is 9.80. The van der Waals surface area contributed by atoms with Gasteiger partial charge in [0.05, 0.1) is 6.10 Å². The zero-order chi connectivity index (χ0) is 22.0. The quantitative estimate of drug-likeness (QED) is 0.187. The fourth-order valence-corrected chi connectivity index (χ4v) is 5.92. The van der Waals surface area contributed by atoms with Gasteiger partial charge in [0.25, 0.3) is 0 Å². The number of rotatable bonds is 7. The summed E-state index contributed by atoms with van der Waals surface area (Å²) in [5.41, 5.74) is 4.88. The largest absolute Gasteiger partial charge is 0.467 e. The van der Waals surface area contributed by atoms with Crippen LogP contribution in [0.1, 0.15) is 64.7 Å². The number of hydrogen-bond donors (Lipinski definition) is 1. The summed E-state index contributed by atoms with van der Waals surface area (Å²) < 4.78 is 11.7. The average Bonchev–Trinajstić information content (AvgIpc) is 2.60. The van der Waals surface area contributed by atoms with E-state index in [-0.39, 0.29) is 17.4 Å². The summed E-state index contributed by atoms with van der Waals surface area (Å²) in [7, 11) is 2.19. The molecule has 0 radical (unpaired) electrons. The van der Waals surface area contributed by atoms with Crippen LogP contribution in [0.25, 0.3) is 0 Å². The molecule has 0 saturated heterocycles. The molecule has 1 aromatic rings. The van der Waals surface area contributed by atoms with Crippen molar-refractivity contribution in [3.05, 3.63) is 51.9 Å². The van der Waals surface area contributed by atoms with E-state index in [0.717, 1.165) is 17.7 Å². The van der Waals surface area contributed by atoms with Gasteiger partial charge in [-0.25, -0.2) is 0 Å². The van der Waals surface area contributed by atoms with Crippen LogP contribution in [0.5, 0.6) is 5.75 Å². The number of hydrogen-bond acceptors (Lipinski definition) is 3. The Balaban J connectivity index is 2.55. The van der Waals surface area contributed by atoms with Crippen molar-refractivity contribution in [2.75, 3.05) is 13.9 Å². The van der Waals surface area contributed by atoms with E-state index in [1.807, 2.05) is 6.92 Å². The van der Waals surface area contributed by atoms with Crippen molar-refractivity contribution >= 4 is 31.2 Å². The van der Waals surface area contributed by atoms with E-state index in [0.29, 0.717) is 12.5 Å². The normalized spacial score (nSPS) is 19.3. The highest BCUT2D eigenvalue weighted by Crippen LogP contribution is 2.53. The maximum absolute atomic E-state index is 10.4. The molecule has 1 aliphatic rings. The van der Waals surface area contributed by atoms with E-state index in [2.05, 4.69) is 88.4 Å². The number of benzene rings is 1. The molecule has 0 spiro atoms. The number of ether oxygens (including phenoxy) is 2. The standard InChI is InChI=1S/C24H36IO3P/c1-15-11-17(23(3,4)5)12-20(22(15)28-14-27-8)24(6,7)29-21-10-9-18(25)13-19(21)16(2)26/h9-12,16,18,26,29H,13-14H2,1-8H3. The third kappa shape index (κ3) is 6.29. The number of aryl methyl sites for hydroxylation is 1. The highest BCUT2D eigenvalue weighted by Gasteiger charge is 2.31. The van der Waals surface area contributed by atoms with E-state index < -0.39 is 6.10 Å². The maximum Gasteiger partial charge on any atom is 0.188 e. The average molecular weight is 530 g/mol. The molecule has 1 N–H and O–H groups in total. The molecule has 3 unspecified atom stereocenters. The zero-order valence-corrected chi connectivity index (χ0v) is 22.2. The van der Waals surface area contributed by atoms with Crippen LogP contribution in [0.2, 0.25) is 0 Å². The van der Waals surface area contributed by atoms with Crippen LogP contribution in [0, 0.1) is 6.92 Å². The van der Waals surface area contributed by atoms with Gasteiger partial charge in [0.2, 0.25) is 0 Å². The molecule has 2 rings (SSSR count). The molecule has 162 valence electrons. The Bertz CT molecular complexity index is 788. The van der Waals surface area contributed by atoms with E-state index in [1.54, 1.807) is 7.11 Å².